The number of benzene rings is 2. The first-order valence-electron chi connectivity index (χ1n) is 9.28. The lowest BCUT2D eigenvalue weighted by Gasteiger charge is -2.18. The number of aliphatic hydroxyl groups excluding tert-OH is 1. The smallest absolute Gasteiger partial charge is 0.191 e. The molecule has 0 aliphatic heterocycles. The van der Waals surface area contributed by atoms with Crippen LogP contribution in [-0.4, -0.2) is 43.9 Å². The number of hydrogen-bond donors (Lipinski definition) is 3. The van der Waals surface area contributed by atoms with Crippen molar-refractivity contribution in [1.29, 1.82) is 0 Å². The van der Waals surface area contributed by atoms with Crippen LogP contribution in [0.2, 0.25) is 0 Å². The van der Waals surface area contributed by atoms with E-state index >= 15 is 0 Å². The average Bonchev–Trinajstić information content (AvgIpc) is 2.70. The van der Waals surface area contributed by atoms with Crippen molar-refractivity contribution in [2.24, 2.45) is 4.99 Å². The number of nitrogens with zero attached hydrogens (tertiary/aromatic N) is 1. The Hall–Kier alpha value is -2.80. The van der Waals surface area contributed by atoms with Crippen molar-refractivity contribution >= 4 is 5.96 Å². The second-order valence-electron chi connectivity index (χ2n) is 6.28. The molecule has 7 heteroatoms. The summed E-state index contributed by atoms with van der Waals surface area (Å²) in [4.78, 5) is 4.39. The Kier molecular flexibility index (Phi) is 8.55. The van der Waals surface area contributed by atoms with Gasteiger partial charge in [-0.3, -0.25) is 4.99 Å². The van der Waals surface area contributed by atoms with Gasteiger partial charge in [0.15, 0.2) is 5.96 Å². The van der Waals surface area contributed by atoms with Crippen LogP contribution in [0.25, 0.3) is 0 Å². The molecule has 152 valence electrons. The molecule has 2 aromatic carbocycles. The van der Waals surface area contributed by atoms with Gasteiger partial charge in [0.2, 0.25) is 0 Å². The maximum absolute atomic E-state index is 13.0. The van der Waals surface area contributed by atoms with E-state index in [1.165, 1.54) is 12.1 Å². The lowest BCUT2D eigenvalue weighted by atomic mass is 10.1. The quantitative estimate of drug-likeness (QED) is 0.454. The molecule has 0 aliphatic carbocycles. The van der Waals surface area contributed by atoms with Gasteiger partial charge in [-0.15, -0.1) is 0 Å². The van der Waals surface area contributed by atoms with Gasteiger partial charge in [0.1, 0.15) is 23.4 Å². The molecule has 0 spiro atoms. The molecule has 0 heterocycles. The molecular weight excluding hydrogens is 361 g/mol. The second kappa shape index (κ2) is 11.1. The van der Waals surface area contributed by atoms with Crippen LogP contribution in [-0.2, 0) is 0 Å². The number of ether oxygens (including phenoxy) is 2. The van der Waals surface area contributed by atoms with Crippen LogP contribution < -0.4 is 20.1 Å². The molecule has 0 aliphatic rings. The van der Waals surface area contributed by atoms with Crippen molar-refractivity contribution < 1.29 is 19.0 Å². The number of halogens is 1. The first kappa shape index (κ1) is 21.5. The SMILES string of the molecule is CCNC(=NCC(O)c1ccc(F)cc1)NCC(C)Oc1cccc(OC)c1. The molecular formula is C21H28FN3O3. The predicted molar refractivity (Wildman–Crippen MR) is 108 cm³/mol. The van der Waals surface area contributed by atoms with Crippen molar-refractivity contribution in [3.63, 3.8) is 0 Å². The highest BCUT2D eigenvalue weighted by Gasteiger charge is 2.09. The van der Waals surface area contributed by atoms with Crippen LogP contribution in [0.5, 0.6) is 11.5 Å². The summed E-state index contributed by atoms with van der Waals surface area (Å²) in [5.74, 6) is 1.70. The number of aliphatic hydroxyl groups is 1. The number of hydrogen-bond acceptors (Lipinski definition) is 4. The molecule has 6 nitrogen and oxygen atoms in total. The van der Waals surface area contributed by atoms with E-state index < -0.39 is 6.10 Å². The number of nitrogens with one attached hydrogen (secondary N) is 2. The van der Waals surface area contributed by atoms with Crippen molar-refractivity contribution in [2.75, 3.05) is 26.7 Å². The standard InChI is InChI=1S/C21H28FN3O3/c1-4-23-21(25-14-20(26)16-8-10-17(22)11-9-16)24-13-15(2)28-19-7-5-6-18(12-19)27-3/h5-12,15,20,26H,4,13-14H2,1-3H3,(H2,23,24,25). The van der Waals surface area contributed by atoms with Crippen molar-refractivity contribution in [3.05, 3.63) is 59.9 Å². The van der Waals surface area contributed by atoms with Gasteiger partial charge in [-0.25, -0.2) is 4.39 Å². The Labute approximate surface area is 165 Å². The molecule has 0 aromatic heterocycles. The van der Waals surface area contributed by atoms with E-state index in [0.717, 1.165) is 11.5 Å². The third-order valence-electron chi connectivity index (χ3n) is 3.96. The minimum Gasteiger partial charge on any atom is -0.497 e. The highest BCUT2D eigenvalue weighted by atomic mass is 19.1. The molecule has 2 atom stereocenters. The van der Waals surface area contributed by atoms with Gasteiger partial charge in [0.25, 0.3) is 0 Å². The van der Waals surface area contributed by atoms with Gasteiger partial charge >= 0.3 is 0 Å². The summed E-state index contributed by atoms with van der Waals surface area (Å²) in [7, 11) is 1.61. The van der Waals surface area contributed by atoms with Gasteiger partial charge in [-0.2, -0.15) is 0 Å². The molecule has 0 bridgehead atoms. The van der Waals surface area contributed by atoms with E-state index in [0.29, 0.717) is 24.6 Å². The van der Waals surface area contributed by atoms with Crippen LogP contribution >= 0.6 is 0 Å². The topological polar surface area (TPSA) is 75.1 Å². The van der Waals surface area contributed by atoms with Crippen LogP contribution in [0, 0.1) is 5.82 Å². The average molecular weight is 389 g/mol. The lowest BCUT2D eigenvalue weighted by molar-refractivity contribution is 0.187. The predicted octanol–water partition coefficient (Wildman–Crippen LogP) is 2.89. The van der Waals surface area contributed by atoms with Crippen LogP contribution in [0.3, 0.4) is 0 Å². The molecule has 2 unspecified atom stereocenters. The van der Waals surface area contributed by atoms with Crippen LogP contribution in [0.1, 0.15) is 25.5 Å². The maximum atomic E-state index is 13.0. The number of rotatable bonds is 9. The van der Waals surface area contributed by atoms with Crippen molar-refractivity contribution in [1.82, 2.24) is 10.6 Å². The summed E-state index contributed by atoms with van der Waals surface area (Å²) in [6.07, 6.45) is -0.917. The van der Waals surface area contributed by atoms with Gasteiger partial charge in [0, 0.05) is 12.6 Å². The lowest BCUT2D eigenvalue weighted by Crippen LogP contribution is -2.42. The highest BCUT2D eigenvalue weighted by Crippen LogP contribution is 2.19. The maximum Gasteiger partial charge on any atom is 0.191 e. The number of methoxy groups -OCH3 is 1. The first-order chi connectivity index (χ1) is 13.5. The largest absolute Gasteiger partial charge is 0.497 e. The normalized spacial score (nSPS) is 13.5. The van der Waals surface area contributed by atoms with Gasteiger partial charge in [-0.05, 0) is 43.7 Å². The molecule has 0 amide bonds. The first-order valence-corrected chi connectivity index (χ1v) is 9.28. The monoisotopic (exact) mass is 389 g/mol. The molecule has 0 radical (unpaired) electrons. The van der Waals surface area contributed by atoms with Crippen LogP contribution in [0.15, 0.2) is 53.5 Å². The van der Waals surface area contributed by atoms with Gasteiger partial charge < -0.3 is 25.2 Å². The summed E-state index contributed by atoms with van der Waals surface area (Å²) in [5, 5.41) is 16.6. The third-order valence-corrected chi connectivity index (χ3v) is 3.96. The second-order valence-corrected chi connectivity index (χ2v) is 6.28. The number of aliphatic imine (C=N–C) groups is 1. The van der Waals surface area contributed by atoms with E-state index in [1.54, 1.807) is 19.2 Å². The molecule has 2 rings (SSSR count). The summed E-state index contributed by atoms with van der Waals surface area (Å²) in [5.41, 5.74) is 0.621. The Morgan fingerprint density at radius 1 is 1.14 bits per heavy atom. The Morgan fingerprint density at radius 3 is 2.54 bits per heavy atom. The van der Waals surface area contributed by atoms with Crippen molar-refractivity contribution in [3.8, 4) is 11.5 Å². The van der Waals surface area contributed by atoms with Gasteiger partial charge in [-0.1, -0.05) is 18.2 Å². The zero-order valence-corrected chi connectivity index (χ0v) is 16.5. The van der Waals surface area contributed by atoms with Crippen LogP contribution in [0.4, 0.5) is 4.39 Å². The fraction of sp³-hybridized carbons (Fsp3) is 0.381. The summed E-state index contributed by atoms with van der Waals surface area (Å²) in [6.45, 7) is 5.28. The molecule has 0 saturated carbocycles. The Bertz CT molecular complexity index is 753. The Morgan fingerprint density at radius 2 is 1.86 bits per heavy atom. The minimum absolute atomic E-state index is 0.113. The third kappa shape index (κ3) is 7.08. The molecule has 28 heavy (non-hydrogen) atoms. The fourth-order valence-electron chi connectivity index (χ4n) is 2.50. The Balaban J connectivity index is 1.88. The van der Waals surface area contributed by atoms with E-state index in [9.17, 15) is 9.50 Å². The number of guanidine groups is 1. The van der Waals surface area contributed by atoms with E-state index in [4.69, 9.17) is 9.47 Å². The summed E-state index contributed by atoms with van der Waals surface area (Å²) >= 11 is 0. The zero-order valence-electron chi connectivity index (χ0n) is 16.5. The summed E-state index contributed by atoms with van der Waals surface area (Å²) < 4.78 is 24.1. The fourth-order valence-corrected chi connectivity index (χ4v) is 2.50. The minimum atomic E-state index is -0.804. The van der Waals surface area contributed by atoms with Gasteiger partial charge in [0.05, 0.1) is 26.3 Å². The zero-order chi connectivity index (χ0) is 20.4. The van der Waals surface area contributed by atoms with E-state index in [-0.39, 0.29) is 18.5 Å². The van der Waals surface area contributed by atoms with Crippen molar-refractivity contribution in [2.45, 2.75) is 26.1 Å². The molecule has 2 aromatic rings. The summed E-state index contributed by atoms with van der Waals surface area (Å²) in [6, 6.07) is 13.2. The molecule has 3 N–H and O–H groups in total. The van der Waals surface area contributed by atoms with E-state index in [2.05, 4.69) is 15.6 Å². The molecule has 0 fully saturated rings. The van der Waals surface area contributed by atoms with E-state index in [1.807, 2.05) is 38.1 Å². The molecule has 0 saturated heterocycles. The highest BCUT2D eigenvalue weighted by molar-refractivity contribution is 5.79.